The fourth-order valence-corrected chi connectivity index (χ4v) is 1.06. The van der Waals surface area contributed by atoms with Crippen LogP contribution in [0, 0.1) is 31.2 Å². The van der Waals surface area contributed by atoms with Crippen LogP contribution in [0.2, 0.25) is 0 Å². The molecule has 0 N–H and O–H groups in total. The van der Waals surface area contributed by atoms with E-state index in [1.54, 1.807) is 0 Å². The van der Waals surface area contributed by atoms with Gasteiger partial charge in [0.25, 0.3) is 0 Å². The van der Waals surface area contributed by atoms with Crippen molar-refractivity contribution in [3.8, 4) is 26.0 Å². The van der Waals surface area contributed by atoms with Gasteiger partial charge < -0.3 is 0 Å². The number of methoxy groups -OCH3 is 1. The third-order valence-corrected chi connectivity index (χ3v) is 1.85. The number of hydrogen-bond donors (Lipinski definition) is 0. The molecule has 0 unspecified atom stereocenters. The fraction of sp³-hybridized carbons (Fsp3) is 0.167. The predicted octanol–water partition coefficient (Wildman–Crippen LogP) is 1.43. The van der Waals surface area contributed by atoms with Crippen molar-refractivity contribution in [3.05, 3.63) is 0 Å². The van der Waals surface area contributed by atoms with E-state index < -0.39 is 20.4 Å². The molecule has 0 aliphatic heterocycles. The minimum absolute atomic E-state index is 1.34. The van der Waals surface area contributed by atoms with Crippen LogP contribution in [-0.2, 0) is 4.74 Å². The number of rotatable bonds is 0. The first kappa shape index (κ1) is 9.07. The molecule has 0 aromatic carbocycles. The Morgan fingerprint density at radius 3 is 2.70 bits per heavy atom. The van der Waals surface area contributed by atoms with Crippen molar-refractivity contribution in [1.29, 1.82) is 5.26 Å². The zero-order valence-corrected chi connectivity index (χ0v) is 7.27. The average molecular weight is 251 g/mol. The molecule has 0 radical (unpaired) electrons. The summed E-state index contributed by atoms with van der Waals surface area (Å²) in [7, 11) is 1.34. The van der Waals surface area contributed by atoms with Crippen molar-refractivity contribution in [2.45, 2.75) is 0 Å². The van der Waals surface area contributed by atoms with Crippen LogP contribution in [-0.4, -0.2) is 7.11 Å². The normalized spacial score (nSPS) is 7.10. The van der Waals surface area contributed by atoms with E-state index >= 15 is 0 Å². The van der Waals surface area contributed by atoms with E-state index in [2.05, 4.69) is 18.7 Å². The Bertz CT molecular complexity index is 249. The van der Waals surface area contributed by atoms with Gasteiger partial charge in [-0.25, -0.2) is 0 Å². The van der Waals surface area contributed by atoms with Gasteiger partial charge in [0.15, 0.2) is 0 Å². The van der Waals surface area contributed by atoms with Crippen molar-refractivity contribution in [3.63, 3.8) is 0 Å². The molecular formula is C6H3FINO. The van der Waals surface area contributed by atoms with Crippen molar-refractivity contribution in [2.75, 3.05) is 7.11 Å². The van der Waals surface area contributed by atoms with Crippen molar-refractivity contribution < 1.29 is 7.60 Å². The van der Waals surface area contributed by atoms with Crippen LogP contribution < -0.4 is 0 Å². The van der Waals surface area contributed by atoms with Gasteiger partial charge in [-0.05, 0) is 0 Å². The number of nitriles is 1. The summed E-state index contributed by atoms with van der Waals surface area (Å²) in [5.41, 5.74) is 0. The van der Waals surface area contributed by atoms with E-state index in [1.165, 1.54) is 13.2 Å². The van der Waals surface area contributed by atoms with Gasteiger partial charge in [0.1, 0.15) is 0 Å². The summed E-state index contributed by atoms with van der Waals surface area (Å²) in [6, 6.07) is 1.50. The summed E-state index contributed by atoms with van der Waals surface area (Å²) in [5.74, 6) is 1.95. The molecule has 0 aliphatic rings. The van der Waals surface area contributed by atoms with Crippen molar-refractivity contribution >= 4 is 20.4 Å². The monoisotopic (exact) mass is 251 g/mol. The number of hydrogen-bond acceptors (Lipinski definition) is 2. The second kappa shape index (κ2) is 6.19. The molecule has 0 saturated carbocycles. The zero-order valence-electron chi connectivity index (χ0n) is 5.11. The Morgan fingerprint density at radius 1 is 1.50 bits per heavy atom. The maximum atomic E-state index is 12.4. The third-order valence-electron chi connectivity index (χ3n) is 0.410. The van der Waals surface area contributed by atoms with Gasteiger partial charge in [-0.2, -0.15) is 0 Å². The van der Waals surface area contributed by atoms with Crippen LogP contribution in [0.3, 0.4) is 0 Å². The van der Waals surface area contributed by atoms with E-state index in [9.17, 15) is 2.86 Å². The first-order valence-corrected chi connectivity index (χ1v) is 5.08. The molecule has 0 bridgehead atoms. The molecule has 0 rings (SSSR count). The molecule has 0 aromatic rings. The summed E-state index contributed by atoms with van der Waals surface area (Å²) in [6.07, 6.45) is 2.09. The summed E-state index contributed by atoms with van der Waals surface area (Å²) < 4.78 is 20.9. The van der Waals surface area contributed by atoms with E-state index in [4.69, 9.17) is 5.26 Å². The number of halogens is 2. The summed E-state index contributed by atoms with van der Waals surface area (Å²) >= 11 is -2.96. The Balaban J connectivity index is 3.88. The molecule has 10 heavy (non-hydrogen) atoms. The Hall–Kier alpha value is -0.930. The van der Waals surface area contributed by atoms with Crippen LogP contribution in [0.25, 0.3) is 0 Å². The van der Waals surface area contributed by atoms with Gasteiger partial charge >= 0.3 is 66.3 Å². The van der Waals surface area contributed by atoms with Gasteiger partial charge in [-0.15, -0.1) is 0 Å². The maximum absolute atomic E-state index is 12.4. The Labute approximate surface area is 66.5 Å². The van der Waals surface area contributed by atoms with Gasteiger partial charge in [-0.1, -0.05) is 0 Å². The average Bonchev–Trinajstić information content (AvgIpc) is 1.97. The van der Waals surface area contributed by atoms with Crippen LogP contribution in [0.5, 0.6) is 0 Å². The molecule has 52 valence electrons. The van der Waals surface area contributed by atoms with E-state index in [-0.39, 0.29) is 0 Å². The molecule has 0 fully saturated rings. The third kappa shape index (κ3) is 5.21. The zero-order chi connectivity index (χ0) is 7.82. The van der Waals surface area contributed by atoms with Gasteiger partial charge in [-0.3, -0.25) is 0 Å². The van der Waals surface area contributed by atoms with Gasteiger partial charge in [0.05, 0.1) is 0 Å². The van der Waals surface area contributed by atoms with Crippen LogP contribution >= 0.6 is 20.4 Å². The van der Waals surface area contributed by atoms with Crippen molar-refractivity contribution in [2.24, 2.45) is 0 Å². The first-order valence-electron chi connectivity index (χ1n) is 2.11. The van der Waals surface area contributed by atoms with Crippen LogP contribution in [0.1, 0.15) is 0 Å². The van der Waals surface area contributed by atoms with Crippen molar-refractivity contribution in [1.82, 2.24) is 0 Å². The second-order valence-corrected chi connectivity index (χ2v) is 3.40. The molecule has 0 aliphatic carbocycles. The second-order valence-electron chi connectivity index (χ2n) is 0.969. The molecule has 0 amide bonds. The molecule has 0 atom stereocenters. The van der Waals surface area contributed by atoms with Crippen LogP contribution in [0.15, 0.2) is 0 Å². The quantitative estimate of drug-likeness (QED) is 0.482. The molecular weight excluding hydrogens is 248 g/mol. The van der Waals surface area contributed by atoms with E-state index in [1.807, 2.05) is 5.92 Å². The summed E-state index contributed by atoms with van der Waals surface area (Å²) in [4.78, 5) is 0. The van der Waals surface area contributed by atoms with E-state index in [0.29, 0.717) is 0 Å². The number of nitrogens with zero attached hydrogens (tertiary/aromatic N) is 1. The SMILES string of the molecule is COC#CI(F)C#CC#N. The molecule has 0 saturated heterocycles. The standard InChI is InChI=1S/C6H3FINO/c1-10-6-4-8(7)3-2-5-9/h1H3. The Kier molecular flexibility index (Phi) is 5.62. The summed E-state index contributed by atoms with van der Waals surface area (Å²) in [6.45, 7) is 0. The first-order chi connectivity index (χ1) is 4.81. The Morgan fingerprint density at radius 2 is 2.20 bits per heavy atom. The fourth-order valence-electron chi connectivity index (χ4n) is 0.159. The minimum atomic E-state index is -2.96. The van der Waals surface area contributed by atoms with E-state index in [0.717, 1.165) is 0 Å². The molecule has 0 heterocycles. The van der Waals surface area contributed by atoms with Gasteiger partial charge in [0.2, 0.25) is 0 Å². The molecule has 2 nitrogen and oxygen atoms in total. The van der Waals surface area contributed by atoms with Gasteiger partial charge in [0, 0.05) is 0 Å². The predicted molar refractivity (Wildman–Crippen MR) is 43.3 cm³/mol. The number of ether oxygens (including phenoxy) is 1. The molecule has 0 aromatic heterocycles. The topological polar surface area (TPSA) is 33.0 Å². The van der Waals surface area contributed by atoms with Crippen LogP contribution in [0.4, 0.5) is 2.86 Å². The molecule has 4 heteroatoms. The summed E-state index contributed by atoms with van der Waals surface area (Å²) in [5, 5.41) is 7.90. The molecule has 0 spiro atoms.